The number of hydrogen-bond acceptors (Lipinski definition) is 6. The minimum Gasteiger partial charge on any atom is -0.497 e. The first kappa shape index (κ1) is 23.2. The fraction of sp³-hybridized carbons (Fsp3) is 0.381. The number of anilines is 1. The third kappa shape index (κ3) is 5.41. The van der Waals surface area contributed by atoms with E-state index < -0.39 is 16.1 Å². The van der Waals surface area contributed by atoms with Crippen LogP contribution in [0.5, 0.6) is 11.5 Å². The van der Waals surface area contributed by atoms with Crippen LogP contribution in [0.25, 0.3) is 0 Å². The summed E-state index contributed by atoms with van der Waals surface area (Å²) in [6.45, 7) is 3.83. The van der Waals surface area contributed by atoms with E-state index in [0.717, 1.165) is 11.4 Å². The highest BCUT2D eigenvalue weighted by Gasteiger charge is 2.29. The van der Waals surface area contributed by atoms with Gasteiger partial charge in [0.2, 0.25) is 15.9 Å². The van der Waals surface area contributed by atoms with E-state index >= 15 is 0 Å². The summed E-state index contributed by atoms with van der Waals surface area (Å²) in [6.07, 6.45) is 0. The molecule has 0 bridgehead atoms. The Bertz CT molecular complexity index is 1020. The van der Waals surface area contributed by atoms with Gasteiger partial charge in [-0.2, -0.15) is 4.72 Å². The number of amides is 1. The second kappa shape index (κ2) is 9.76. The molecule has 2 aromatic carbocycles. The van der Waals surface area contributed by atoms with E-state index in [0.29, 0.717) is 26.2 Å². The molecule has 0 spiro atoms. The minimum atomic E-state index is -4.00. The van der Waals surface area contributed by atoms with Crippen molar-refractivity contribution < 1.29 is 22.7 Å². The van der Waals surface area contributed by atoms with Crippen molar-refractivity contribution >= 4 is 33.2 Å². The van der Waals surface area contributed by atoms with Gasteiger partial charge in [-0.15, -0.1) is 0 Å². The number of carbonyl (C=O) groups excluding carboxylic acids is 1. The number of piperazine rings is 1. The van der Waals surface area contributed by atoms with Crippen LogP contribution in [-0.2, 0) is 14.8 Å². The van der Waals surface area contributed by atoms with Gasteiger partial charge in [0.15, 0.2) is 0 Å². The van der Waals surface area contributed by atoms with Crippen LogP contribution in [-0.4, -0.2) is 65.7 Å². The highest BCUT2D eigenvalue weighted by molar-refractivity contribution is 7.89. The summed E-state index contributed by atoms with van der Waals surface area (Å²) < 4.78 is 38.4. The molecule has 1 aliphatic rings. The molecule has 1 amide bonds. The van der Waals surface area contributed by atoms with Crippen LogP contribution in [0.2, 0.25) is 5.02 Å². The van der Waals surface area contributed by atoms with Gasteiger partial charge in [-0.25, -0.2) is 8.42 Å². The molecule has 1 aliphatic heterocycles. The molecule has 2 aromatic rings. The van der Waals surface area contributed by atoms with Crippen LogP contribution >= 0.6 is 11.6 Å². The van der Waals surface area contributed by atoms with Crippen molar-refractivity contribution in [3.05, 3.63) is 47.5 Å². The molecule has 1 N–H and O–H groups in total. The Morgan fingerprint density at radius 3 is 2.26 bits per heavy atom. The van der Waals surface area contributed by atoms with Crippen molar-refractivity contribution in [3.63, 3.8) is 0 Å². The quantitative estimate of drug-likeness (QED) is 0.672. The lowest BCUT2D eigenvalue weighted by Gasteiger charge is -2.37. The Balaban J connectivity index is 1.62. The number of carbonyl (C=O) groups is 1. The zero-order chi connectivity index (χ0) is 22.6. The van der Waals surface area contributed by atoms with Gasteiger partial charge in [-0.1, -0.05) is 11.6 Å². The highest BCUT2D eigenvalue weighted by Crippen LogP contribution is 2.27. The number of benzene rings is 2. The summed E-state index contributed by atoms with van der Waals surface area (Å²) >= 11 is 5.95. The standard InChI is InChI=1S/C21H26ClN3O5S/c1-15(23-31(27,28)20-14-16(22)4-9-19(20)30-3)21(26)25-12-10-24(11-13-25)17-5-7-18(29-2)8-6-17/h4-9,14-15,23H,10-13H2,1-3H3/t15-/m1/s1. The fourth-order valence-corrected chi connectivity index (χ4v) is 5.09. The van der Waals surface area contributed by atoms with Crippen LogP contribution in [0.1, 0.15) is 6.92 Å². The first-order chi connectivity index (χ1) is 14.7. The van der Waals surface area contributed by atoms with Crippen LogP contribution in [0, 0.1) is 0 Å². The van der Waals surface area contributed by atoms with Gasteiger partial charge in [-0.3, -0.25) is 4.79 Å². The molecule has 1 saturated heterocycles. The molecule has 1 heterocycles. The topological polar surface area (TPSA) is 88.2 Å². The number of hydrogen-bond donors (Lipinski definition) is 1. The van der Waals surface area contributed by atoms with E-state index in [1.54, 1.807) is 12.0 Å². The number of methoxy groups -OCH3 is 2. The van der Waals surface area contributed by atoms with Crippen molar-refractivity contribution in [2.24, 2.45) is 0 Å². The van der Waals surface area contributed by atoms with Gasteiger partial charge in [0.05, 0.1) is 20.3 Å². The first-order valence-electron chi connectivity index (χ1n) is 9.79. The average Bonchev–Trinajstić information content (AvgIpc) is 2.78. The Hall–Kier alpha value is -2.49. The van der Waals surface area contributed by atoms with Crippen LogP contribution in [0.15, 0.2) is 47.4 Å². The average molecular weight is 468 g/mol. The number of halogens is 1. The summed E-state index contributed by atoms with van der Waals surface area (Å²) in [5.41, 5.74) is 1.05. The van der Waals surface area contributed by atoms with Crippen molar-refractivity contribution in [1.29, 1.82) is 0 Å². The van der Waals surface area contributed by atoms with E-state index in [1.165, 1.54) is 32.2 Å². The molecule has 0 aliphatic carbocycles. The van der Waals surface area contributed by atoms with Crippen molar-refractivity contribution in [3.8, 4) is 11.5 Å². The Labute approximate surface area is 187 Å². The third-order valence-corrected chi connectivity index (χ3v) is 6.94. The number of rotatable bonds is 7. The van der Waals surface area contributed by atoms with Crippen LogP contribution in [0.4, 0.5) is 5.69 Å². The Kier molecular flexibility index (Phi) is 7.30. The van der Waals surface area contributed by atoms with Crippen molar-refractivity contribution in [2.45, 2.75) is 17.9 Å². The molecule has 0 unspecified atom stereocenters. The largest absolute Gasteiger partial charge is 0.497 e. The third-order valence-electron chi connectivity index (χ3n) is 5.15. The van der Waals surface area contributed by atoms with Crippen LogP contribution < -0.4 is 19.1 Å². The van der Waals surface area contributed by atoms with Gasteiger partial charge in [0, 0.05) is 36.9 Å². The maximum Gasteiger partial charge on any atom is 0.245 e. The lowest BCUT2D eigenvalue weighted by Crippen LogP contribution is -2.54. The molecule has 10 heteroatoms. The number of nitrogens with zero attached hydrogens (tertiary/aromatic N) is 2. The molecule has 3 rings (SSSR count). The molecule has 0 saturated carbocycles. The van der Waals surface area contributed by atoms with Crippen LogP contribution in [0.3, 0.4) is 0 Å². The number of nitrogens with one attached hydrogen (secondary N) is 1. The molecule has 1 atom stereocenters. The summed E-state index contributed by atoms with van der Waals surface area (Å²) in [6, 6.07) is 11.1. The lowest BCUT2D eigenvalue weighted by molar-refractivity contribution is -0.132. The second-order valence-corrected chi connectivity index (χ2v) is 9.27. The predicted molar refractivity (Wildman–Crippen MR) is 120 cm³/mol. The van der Waals surface area contributed by atoms with Gasteiger partial charge in [0.1, 0.15) is 16.4 Å². The van der Waals surface area contributed by atoms with E-state index in [2.05, 4.69) is 9.62 Å². The number of sulfonamides is 1. The van der Waals surface area contributed by atoms with E-state index in [4.69, 9.17) is 21.1 Å². The minimum absolute atomic E-state index is 0.105. The lowest BCUT2D eigenvalue weighted by atomic mass is 10.2. The van der Waals surface area contributed by atoms with Gasteiger partial charge in [-0.05, 0) is 49.4 Å². The van der Waals surface area contributed by atoms with E-state index in [9.17, 15) is 13.2 Å². The maximum atomic E-state index is 12.9. The summed E-state index contributed by atoms with van der Waals surface area (Å²) in [4.78, 5) is 16.6. The van der Waals surface area contributed by atoms with E-state index in [1.807, 2.05) is 24.3 Å². The molecule has 0 radical (unpaired) electrons. The Morgan fingerprint density at radius 1 is 1.03 bits per heavy atom. The molecule has 31 heavy (non-hydrogen) atoms. The summed E-state index contributed by atoms with van der Waals surface area (Å²) in [5, 5.41) is 0.259. The number of ether oxygens (including phenoxy) is 2. The van der Waals surface area contributed by atoms with E-state index in [-0.39, 0.29) is 21.6 Å². The molecule has 0 aromatic heterocycles. The van der Waals surface area contributed by atoms with Gasteiger partial charge >= 0.3 is 0 Å². The summed E-state index contributed by atoms with van der Waals surface area (Å²) in [5.74, 6) is 0.665. The van der Waals surface area contributed by atoms with Crippen molar-refractivity contribution in [2.75, 3.05) is 45.3 Å². The molecular weight excluding hydrogens is 442 g/mol. The fourth-order valence-electron chi connectivity index (χ4n) is 3.46. The highest BCUT2D eigenvalue weighted by atomic mass is 35.5. The zero-order valence-corrected chi connectivity index (χ0v) is 19.2. The SMILES string of the molecule is COc1ccc(N2CCN(C(=O)[C@@H](C)NS(=O)(=O)c3cc(Cl)ccc3OC)CC2)cc1. The maximum absolute atomic E-state index is 12.9. The monoisotopic (exact) mass is 467 g/mol. The van der Waals surface area contributed by atoms with Crippen molar-refractivity contribution in [1.82, 2.24) is 9.62 Å². The molecule has 8 nitrogen and oxygen atoms in total. The Morgan fingerprint density at radius 2 is 1.68 bits per heavy atom. The smallest absolute Gasteiger partial charge is 0.245 e. The van der Waals surface area contributed by atoms with Gasteiger partial charge < -0.3 is 19.3 Å². The second-order valence-electron chi connectivity index (χ2n) is 7.15. The zero-order valence-electron chi connectivity index (χ0n) is 17.7. The predicted octanol–water partition coefficient (Wildman–Crippen LogP) is 2.37. The normalized spacial score (nSPS) is 15.5. The molecule has 1 fully saturated rings. The molecular formula is C21H26ClN3O5S. The first-order valence-corrected chi connectivity index (χ1v) is 11.6. The summed E-state index contributed by atoms with van der Waals surface area (Å²) in [7, 11) is -1.00. The molecule has 168 valence electrons. The van der Waals surface area contributed by atoms with Gasteiger partial charge in [0.25, 0.3) is 0 Å².